The van der Waals surface area contributed by atoms with E-state index in [-0.39, 0.29) is 61.6 Å². The van der Waals surface area contributed by atoms with Gasteiger partial charge in [0.05, 0.1) is 35.0 Å². The molecule has 1 aromatic carbocycles. The van der Waals surface area contributed by atoms with Crippen LogP contribution in [-0.4, -0.2) is 57.2 Å². The minimum absolute atomic E-state index is 0.00224. The third kappa shape index (κ3) is 5.29. The fraction of sp³-hybridized carbons (Fsp3) is 0.516. The Morgan fingerprint density at radius 3 is 2.50 bits per heavy atom. The van der Waals surface area contributed by atoms with Crippen molar-refractivity contribution < 1.29 is 22.4 Å². The zero-order chi connectivity index (χ0) is 31.4. The van der Waals surface area contributed by atoms with Crippen LogP contribution in [0.4, 0.5) is 23.4 Å². The van der Waals surface area contributed by atoms with E-state index in [1.165, 1.54) is 31.5 Å². The minimum Gasteiger partial charge on any atom is -0.363 e. The molecule has 7 rings (SSSR count). The van der Waals surface area contributed by atoms with Gasteiger partial charge < -0.3 is 15.5 Å². The predicted molar refractivity (Wildman–Crippen MR) is 154 cm³/mol. The van der Waals surface area contributed by atoms with Crippen LogP contribution in [0.15, 0.2) is 35.4 Å². The van der Waals surface area contributed by atoms with E-state index < -0.39 is 58.4 Å². The zero-order valence-electron chi connectivity index (χ0n) is 24.5. The highest BCUT2D eigenvalue weighted by molar-refractivity contribution is 5.89. The molecule has 2 N–H and O–H groups in total. The van der Waals surface area contributed by atoms with E-state index in [0.29, 0.717) is 18.2 Å². The van der Waals surface area contributed by atoms with Gasteiger partial charge in [0.25, 0.3) is 11.5 Å². The van der Waals surface area contributed by atoms with E-state index in [2.05, 4.69) is 26.7 Å². The fourth-order valence-corrected chi connectivity index (χ4v) is 6.46. The summed E-state index contributed by atoms with van der Waals surface area (Å²) in [6.45, 7) is 2.36. The smallest absolute Gasteiger partial charge is 0.278 e. The number of carbonyl (C=O) groups excluding carboxylic acids is 1. The molecule has 2 fully saturated rings. The molecule has 44 heavy (non-hydrogen) atoms. The van der Waals surface area contributed by atoms with Gasteiger partial charge in [-0.2, -0.15) is 5.26 Å². The van der Waals surface area contributed by atoms with Gasteiger partial charge in [-0.25, -0.2) is 27.5 Å². The lowest BCUT2D eigenvalue weighted by Crippen LogP contribution is -2.49. The lowest BCUT2D eigenvalue weighted by molar-refractivity contribution is -0.122. The van der Waals surface area contributed by atoms with Gasteiger partial charge in [0.1, 0.15) is 35.8 Å². The molecule has 3 aliphatic heterocycles. The number of anilines is 1. The molecule has 5 heterocycles. The number of alkyl halides is 3. The summed E-state index contributed by atoms with van der Waals surface area (Å²) in [6.07, 6.45) is 2.17. The van der Waals surface area contributed by atoms with Gasteiger partial charge in [0.15, 0.2) is 0 Å². The SMILES string of the molecule is C[C@H]1Nc2ncnc3c2cc(C2(C#N)CC2)c(=O)n3CC(=O)NCC(C)(F)CN2CCC(CC2)C(F)(F)c2cccc1c2F. The Bertz CT molecular complexity index is 1720. The van der Waals surface area contributed by atoms with Crippen molar-refractivity contribution in [1.29, 1.82) is 5.26 Å². The average Bonchev–Trinajstić information content (AvgIpc) is 3.78. The van der Waals surface area contributed by atoms with Gasteiger partial charge in [-0.05, 0) is 58.7 Å². The van der Waals surface area contributed by atoms with Gasteiger partial charge in [-0.3, -0.25) is 14.2 Å². The number of fused-ring (bicyclic) bond motifs is 8. The van der Waals surface area contributed by atoms with E-state index in [1.807, 2.05) is 0 Å². The molecule has 232 valence electrons. The molecule has 8 bridgehead atoms. The number of hydrogen-bond acceptors (Lipinski definition) is 7. The molecule has 4 aliphatic rings. The Hall–Kier alpha value is -4.05. The first kappa shape index (κ1) is 30.0. The number of piperidine rings is 1. The molecule has 1 saturated heterocycles. The van der Waals surface area contributed by atoms with Crippen molar-refractivity contribution in [3.05, 3.63) is 63.5 Å². The molecule has 1 saturated carbocycles. The van der Waals surface area contributed by atoms with Crippen molar-refractivity contribution in [2.24, 2.45) is 5.92 Å². The summed E-state index contributed by atoms with van der Waals surface area (Å²) in [5.74, 6) is -6.08. The molecule has 1 aliphatic carbocycles. The third-order valence-electron chi connectivity index (χ3n) is 9.18. The zero-order valence-corrected chi connectivity index (χ0v) is 24.5. The van der Waals surface area contributed by atoms with E-state index in [1.54, 1.807) is 11.8 Å². The lowest BCUT2D eigenvalue weighted by atomic mass is 9.85. The predicted octanol–water partition coefficient (Wildman–Crippen LogP) is 4.32. The Kier molecular flexibility index (Phi) is 7.39. The van der Waals surface area contributed by atoms with Crippen LogP contribution in [0.25, 0.3) is 11.0 Å². The first-order chi connectivity index (χ1) is 20.8. The maximum atomic E-state index is 15.9. The highest BCUT2D eigenvalue weighted by Crippen LogP contribution is 2.47. The summed E-state index contributed by atoms with van der Waals surface area (Å²) >= 11 is 0. The summed E-state index contributed by atoms with van der Waals surface area (Å²) in [4.78, 5) is 37.0. The number of hydrogen-bond donors (Lipinski definition) is 2. The topological polar surface area (TPSA) is 116 Å². The number of pyridine rings is 1. The molecule has 3 aromatic rings. The van der Waals surface area contributed by atoms with Gasteiger partial charge in [-0.15, -0.1) is 0 Å². The van der Waals surface area contributed by atoms with E-state index in [4.69, 9.17) is 0 Å². The number of nitrogens with zero attached hydrogens (tertiary/aromatic N) is 5. The molecule has 0 spiro atoms. The third-order valence-corrected chi connectivity index (χ3v) is 9.18. The monoisotopic (exact) mass is 611 g/mol. The van der Waals surface area contributed by atoms with Crippen molar-refractivity contribution in [2.45, 2.75) is 69.1 Å². The molecular weight excluding hydrogens is 578 g/mol. The summed E-state index contributed by atoms with van der Waals surface area (Å²) < 4.78 is 64.2. The first-order valence-corrected chi connectivity index (χ1v) is 14.8. The summed E-state index contributed by atoms with van der Waals surface area (Å²) in [5.41, 5.74) is -3.95. The van der Waals surface area contributed by atoms with Crippen molar-refractivity contribution in [2.75, 3.05) is 31.5 Å². The second-order valence-corrected chi connectivity index (χ2v) is 12.5. The highest BCUT2D eigenvalue weighted by Gasteiger charge is 2.48. The number of nitriles is 1. The standard InChI is InChI=1S/C31H33F4N7O2/c1-18-20-4-3-5-22(25(20)32)31(34,35)19-6-10-41(11-7-19)16-29(2,33)15-37-24(43)13-42-27-21(26(40-18)38-17-39-27)12-23(28(42)44)30(14-36)8-9-30/h3-5,12,17-19H,6-11,13,15-16H2,1-2H3,(H,37,43)(H,38,39,40)/t18-,29?/m1/s1. The second-order valence-electron chi connectivity index (χ2n) is 12.5. The molecular formula is C31H33F4N7O2. The number of nitrogens with one attached hydrogen (secondary N) is 2. The summed E-state index contributed by atoms with van der Waals surface area (Å²) in [6, 6.07) is 6.80. The fourth-order valence-electron chi connectivity index (χ4n) is 6.46. The van der Waals surface area contributed by atoms with Crippen molar-refractivity contribution >= 4 is 22.8 Å². The van der Waals surface area contributed by atoms with E-state index in [0.717, 1.165) is 10.6 Å². The van der Waals surface area contributed by atoms with Gasteiger partial charge in [-0.1, -0.05) is 18.2 Å². The van der Waals surface area contributed by atoms with Crippen LogP contribution in [0.2, 0.25) is 0 Å². The largest absolute Gasteiger partial charge is 0.363 e. The van der Waals surface area contributed by atoms with Crippen LogP contribution < -0.4 is 16.2 Å². The van der Waals surface area contributed by atoms with Crippen molar-refractivity contribution in [3.63, 3.8) is 0 Å². The van der Waals surface area contributed by atoms with Gasteiger partial charge in [0, 0.05) is 23.6 Å². The summed E-state index contributed by atoms with van der Waals surface area (Å²) in [5, 5.41) is 15.8. The molecule has 0 radical (unpaired) electrons. The number of rotatable bonds is 1. The molecule has 9 nitrogen and oxygen atoms in total. The maximum Gasteiger partial charge on any atom is 0.278 e. The van der Waals surface area contributed by atoms with E-state index >= 15 is 17.6 Å². The average molecular weight is 612 g/mol. The molecule has 1 amide bonds. The van der Waals surface area contributed by atoms with Crippen molar-refractivity contribution in [1.82, 2.24) is 24.8 Å². The van der Waals surface area contributed by atoms with Crippen LogP contribution in [0.1, 0.15) is 62.3 Å². The number of halogens is 4. The Morgan fingerprint density at radius 1 is 1.09 bits per heavy atom. The molecule has 2 aromatic heterocycles. The van der Waals surface area contributed by atoms with Crippen LogP contribution >= 0.6 is 0 Å². The number of amides is 1. The second kappa shape index (κ2) is 10.8. The lowest BCUT2D eigenvalue weighted by Gasteiger charge is -2.38. The minimum atomic E-state index is -3.46. The normalized spacial score (nSPS) is 28.1. The Morgan fingerprint density at radius 2 is 1.82 bits per heavy atom. The Labute approximate surface area is 251 Å². The maximum absolute atomic E-state index is 15.9. The quantitative estimate of drug-likeness (QED) is 0.394. The van der Waals surface area contributed by atoms with E-state index in [9.17, 15) is 14.9 Å². The van der Waals surface area contributed by atoms with Crippen LogP contribution in [0, 0.1) is 23.1 Å². The molecule has 2 atom stereocenters. The summed E-state index contributed by atoms with van der Waals surface area (Å²) in [7, 11) is 0. The molecule has 13 heteroatoms. The van der Waals surface area contributed by atoms with Crippen LogP contribution in [0.5, 0.6) is 0 Å². The number of benzene rings is 1. The van der Waals surface area contributed by atoms with Crippen molar-refractivity contribution in [3.8, 4) is 6.07 Å². The van der Waals surface area contributed by atoms with Gasteiger partial charge >= 0.3 is 0 Å². The Balaban J connectivity index is 1.49. The van der Waals surface area contributed by atoms with Crippen LogP contribution in [-0.2, 0) is 22.7 Å². The van der Waals surface area contributed by atoms with Gasteiger partial charge in [0.2, 0.25) is 5.91 Å². The van der Waals surface area contributed by atoms with Crippen LogP contribution in [0.3, 0.4) is 0 Å². The first-order valence-electron chi connectivity index (χ1n) is 14.8. The molecule has 1 unspecified atom stereocenters. The number of aromatic nitrogens is 3. The highest BCUT2D eigenvalue weighted by atomic mass is 19.3. The number of carbonyl (C=O) groups is 1.